The van der Waals surface area contributed by atoms with Gasteiger partial charge in [0.1, 0.15) is 11.5 Å². The maximum atomic E-state index is 15.0. The van der Waals surface area contributed by atoms with Crippen LogP contribution >= 0.6 is 0 Å². The SMILES string of the molecule is CCN(C)C(=O)[C@H]1C[C@](F)(c2ccc(CN3CCCC3)c(F)c2)C1. The van der Waals surface area contributed by atoms with E-state index in [2.05, 4.69) is 4.90 Å². The Bertz CT molecular complexity index is 607. The molecule has 2 aliphatic rings. The van der Waals surface area contributed by atoms with E-state index in [-0.39, 0.29) is 30.5 Å². The number of carbonyl (C=O) groups is 1. The van der Waals surface area contributed by atoms with Crippen molar-refractivity contribution in [3.05, 3.63) is 35.1 Å². The van der Waals surface area contributed by atoms with Crippen molar-refractivity contribution in [1.29, 1.82) is 0 Å². The first-order valence-corrected chi connectivity index (χ1v) is 8.88. The van der Waals surface area contributed by atoms with E-state index < -0.39 is 5.67 Å². The van der Waals surface area contributed by atoms with Crippen LogP contribution in [0.1, 0.15) is 43.7 Å². The molecule has 0 unspecified atom stereocenters. The third kappa shape index (κ3) is 3.32. The number of hydrogen-bond donors (Lipinski definition) is 0. The highest BCUT2D eigenvalue weighted by atomic mass is 19.1. The third-order valence-electron chi connectivity index (χ3n) is 5.50. The molecule has 3 nitrogen and oxygen atoms in total. The van der Waals surface area contributed by atoms with Crippen LogP contribution in [0.4, 0.5) is 8.78 Å². The molecular formula is C19H26F2N2O. The Labute approximate surface area is 142 Å². The Hall–Kier alpha value is -1.49. The van der Waals surface area contributed by atoms with Crippen molar-refractivity contribution >= 4 is 5.91 Å². The second-order valence-corrected chi connectivity index (χ2v) is 7.21. The summed E-state index contributed by atoms with van der Waals surface area (Å²) < 4.78 is 29.3. The van der Waals surface area contributed by atoms with Gasteiger partial charge in [-0.15, -0.1) is 0 Å². The van der Waals surface area contributed by atoms with Crippen molar-refractivity contribution in [3.8, 4) is 0 Å². The third-order valence-corrected chi connectivity index (χ3v) is 5.50. The normalized spacial score (nSPS) is 27.1. The fourth-order valence-corrected chi connectivity index (χ4v) is 3.74. The van der Waals surface area contributed by atoms with Crippen LogP contribution in [0.15, 0.2) is 18.2 Å². The Morgan fingerprint density at radius 2 is 2.00 bits per heavy atom. The molecule has 2 fully saturated rings. The first-order valence-electron chi connectivity index (χ1n) is 8.88. The first-order chi connectivity index (χ1) is 11.4. The van der Waals surface area contributed by atoms with Crippen molar-refractivity contribution in [3.63, 3.8) is 0 Å². The molecule has 1 aromatic carbocycles. The minimum Gasteiger partial charge on any atom is -0.346 e. The van der Waals surface area contributed by atoms with E-state index in [1.807, 2.05) is 6.92 Å². The van der Waals surface area contributed by atoms with Gasteiger partial charge in [0.2, 0.25) is 5.91 Å². The van der Waals surface area contributed by atoms with Gasteiger partial charge in [0, 0.05) is 31.6 Å². The van der Waals surface area contributed by atoms with E-state index in [4.69, 9.17) is 0 Å². The van der Waals surface area contributed by atoms with Crippen LogP contribution in [0.2, 0.25) is 0 Å². The summed E-state index contributed by atoms with van der Waals surface area (Å²) in [6, 6.07) is 4.73. The van der Waals surface area contributed by atoms with Gasteiger partial charge >= 0.3 is 0 Å². The van der Waals surface area contributed by atoms with Crippen LogP contribution < -0.4 is 0 Å². The molecule has 1 saturated carbocycles. The van der Waals surface area contributed by atoms with Gasteiger partial charge in [0.25, 0.3) is 0 Å². The Balaban J connectivity index is 1.65. The summed E-state index contributed by atoms with van der Waals surface area (Å²) in [6.45, 7) is 5.11. The highest BCUT2D eigenvalue weighted by molar-refractivity contribution is 5.80. The van der Waals surface area contributed by atoms with Crippen LogP contribution in [0.25, 0.3) is 0 Å². The summed E-state index contributed by atoms with van der Waals surface area (Å²) >= 11 is 0. The fourth-order valence-electron chi connectivity index (χ4n) is 3.74. The van der Waals surface area contributed by atoms with Crippen molar-refractivity contribution in [2.75, 3.05) is 26.7 Å². The van der Waals surface area contributed by atoms with Gasteiger partial charge in [-0.2, -0.15) is 0 Å². The van der Waals surface area contributed by atoms with Gasteiger partial charge in [0.05, 0.1) is 0 Å². The minimum atomic E-state index is -1.57. The molecule has 1 saturated heterocycles. The van der Waals surface area contributed by atoms with Crippen LogP contribution in [0.5, 0.6) is 0 Å². The number of likely N-dealkylation sites (tertiary alicyclic amines) is 1. The quantitative estimate of drug-likeness (QED) is 0.822. The molecule has 24 heavy (non-hydrogen) atoms. The number of rotatable bonds is 5. The van der Waals surface area contributed by atoms with Gasteiger partial charge in [-0.1, -0.05) is 12.1 Å². The number of halogens is 2. The van der Waals surface area contributed by atoms with Gasteiger partial charge in [-0.05, 0) is 57.3 Å². The summed E-state index contributed by atoms with van der Waals surface area (Å²) in [7, 11) is 1.73. The Morgan fingerprint density at radius 1 is 1.33 bits per heavy atom. The lowest BCUT2D eigenvalue weighted by Gasteiger charge is -2.42. The Kier molecular flexibility index (Phi) is 4.90. The number of nitrogens with zero attached hydrogens (tertiary/aromatic N) is 2. The molecule has 1 aliphatic carbocycles. The largest absolute Gasteiger partial charge is 0.346 e. The summed E-state index contributed by atoms with van der Waals surface area (Å²) in [5.74, 6) is -0.638. The second-order valence-electron chi connectivity index (χ2n) is 7.21. The monoisotopic (exact) mass is 336 g/mol. The molecule has 3 rings (SSSR count). The van der Waals surface area contributed by atoms with E-state index in [0.717, 1.165) is 25.9 Å². The second kappa shape index (κ2) is 6.79. The van der Waals surface area contributed by atoms with Crippen LogP contribution in [-0.4, -0.2) is 42.4 Å². The fraction of sp³-hybridized carbons (Fsp3) is 0.632. The molecule has 1 aliphatic heterocycles. The molecule has 132 valence electrons. The van der Waals surface area contributed by atoms with Crippen LogP contribution in [0.3, 0.4) is 0 Å². The van der Waals surface area contributed by atoms with Gasteiger partial charge in [-0.25, -0.2) is 8.78 Å². The smallest absolute Gasteiger partial charge is 0.225 e. The highest BCUT2D eigenvalue weighted by Gasteiger charge is 2.50. The molecule has 0 radical (unpaired) electrons. The van der Waals surface area contributed by atoms with Gasteiger partial charge in [0.15, 0.2) is 0 Å². The standard InChI is InChI=1S/C19H26F2N2O/c1-3-22(2)18(24)15-11-19(21,12-15)16-7-6-14(17(20)10-16)13-23-8-4-5-9-23/h6-7,10,15H,3-5,8-9,11-13H2,1-2H3/t15-,19+. The van der Waals surface area contributed by atoms with E-state index in [1.54, 1.807) is 24.1 Å². The zero-order valence-corrected chi connectivity index (χ0v) is 14.5. The molecular weight excluding hydrogens is 310 g/mol. The van der Waals surface area contributed by atoms with Crippen molar-refractivity contribution in [1.82, 2.24) is 9.80 Å². The Morgan fingerprint density at radius 3 is 2.58 bits per heavy atom. The lowest BCUT2D eigenvalue weighted by molar-refractivity contribution is -0.144. The van der Waals surface area contributed by atoms with Crippen LogP contribution in [-0.2, 0) is 17.0 Å². The first kappa shape index (κ1) is 17.3. The number of hydrogen-bond acceptors (Lipinski definition) is 2. The predicted octanol–water partition coefficient (Wildman–Crippen LogP) is 3.47. The summed E-state index contributed by atoms with van der Waals surface area (Å²) in [4.78, 5) is 15.9. The zero-order valence-electron chi connectivity index (χ0n) is 14.5. The van der Waals surface area contributed by atoms with Crippen molar-refractivity contribution < 1.29 is 13.6 Å². The van der Waals surface area contributed by atoms with E-state index >= 15 is 0 Å². The van der Waals surface area contributed by atoms with Crippen LogP contribution in [0, 0.1) is 11.7 Å². The van der Waals surface area contributed by atoms with Crippen molar-refractivity contribution in [2.45, 2.75) is 44.8 Å². The summed E-state index contributed by atoms with van der Waals surface area (Å²) in [6.07, 6.45) is 2.63. The molecule has 0 spiro atoms. The topological polar surface area (TPSA) is 23.6 Å². The molecule has 0 aromatic heterocycles. The van der Waals surface area contributed by atoms with Gasteiger partial charge < -0.3 is 4.90 Å². The van der Waals surface area contributed by atoms with Crippen molar-refractivity contribution in [2.24, 2.45) is 5.92 Å². The van der Waals surface area contributed by atoms with E-state index in [0.29, 0.717) is 24.2 Å². The minimum absolute atomic E-state index is 0.0168. The molecule has 5 heteroatoms. The van der Waals surface area contributed by atoms with E-state index in [1.165, 1.54) is 6.07 Å². The average Bonchev–Trinajstić information content (AvgIpc) is 3.05. The predicted molar refractivity (Wildman–Crippen MR) is 89.7 cm³/mol. The highest BCUT2D eigenvalue weighted by Crippen LogP contribution is 2.49. The summed E-state index contributed by atoms with van der Waals surface area (Å²) in [5.41, 5.74) is -0.572. The molecule has 1 amide bonds. The lowest BCUT2D eigenvalue weighted by atomic mass is 9.68. The van der Waals surface area contributed by atoms with Gasteiger partial charge in [-0.3, -0.25) is 9.69 Å². The number of carbonyl (C=O) groups excluding carboxylic acids is 1. The zero-order chi connectivity index (χ0) is 17.3. The lowest BCUT2D eigenvalue weighted by Crippen LogP contribution is -2.46. The molecule has 0 bridgehead atoms. The number of alkyl halides is 1. The molecule has 1 heterocycles. The summed E-state index contributed by atoms with van der Waals surface area (Å²) in [5, 5.41) is 0. The van der Waals surface area contributed by atoms with E-state index in [9.17, 15) is 13.6 Å². The number of benzene rings is 1. The molecule has 1 aromatic rings. The maximum Gasteiger partial charge on any atom is 0.225 e. The maximum absolute atomic E-state index is 15.0. The number of amides is 1. The molecule has 0 N–H and O–H groups in total. The molecule has 0 atom stereocenters. The average molecular weight is 336 g/mol.